The van der Waals surface area contributed by atoms with Crippen LogP contribution in [0.25, 0.3) is 0 Å². The van der Waals surface area contributed by atoms with E-state index in [1.54, 1.807) is 17.0 Å². The van der Waals surface area contributed by atoms with E-state index in [2.05, 4.69) is 44.3 Å². The molecule has 10 nitrogen and oxygen atoms in total. The Labute approximate surface area is 227 Å². The molecule has 2 fully saturated rings. The summed E-state index contributed by atoms with van der Waals surface area (Å²) >= 11 is 0. The molecule has 0 unspecified atom stereocenters. The van der Waals surface area contributed by atoms with E-state index in [1.165, 1.54) is 12.5 Å². The van der Waals surface area contributed by atoms with Gasteiger partial charge in [-0.05, 0) is 55.1 Å². The lowest BCUT2D eigenvalue weighted by atomic mass is 9.90. The molecular formula is C28H36FN7O3. The molecular weight excluding hydrogens is 501 g/mol. The van der Waals surface area contributed by atoms with E-state index < -0.39 is 5.82 Å². The highest BCUT2D eigenvalue weighted by molar-refractivity contribution is 5.79. The third-order valence-corrected chi connectivity index (χ3v) is 8.48. The molecule has 6 rings (SSSR count). The van der Waals surface area contributed by atoms with Crippen LogP contribution < -0.4 is 9.64 Å². The third kappa shape index (κ3) is 5.77. The van der Waals surface area contributed by atoms with E-state index >= 15 is 0 Å². The van der Waals surface area contributed by atoms with E-state index in [9.17, 15) is 9.18 Å². The van der Waals surface area contributed by atoms with Gasteiger partial charge in [-0.1, -0.05) is 25.1 Å². The van der Waals surface area contributed by atoms with Crippen LogP contribution in [0.15, 0.2) is 22.7 Å². The number of benzene rings is 1. The lowest BCUT2D eigenvalue weighted by Gasteiger charge is -2.30. The second kappa shape index (κ2) is 10.9. The van der Waals surface area contributed by atoms with Gasteiger partial charge >= 0.3 is 6.01 Å². The van der Waals surface area contributed by atoms with E-state index in [0.29, 0.717) is 49.4 Å². The number of hydrogen-bond acceptors (Lipinski definition) is 8. The van der Waals surface area contributed by atoms with Crippen LogP contribution in [0.2, 0.25) is 0 Å². The number of halogens is 1. The molecule has 3 aromatic rings. The van der Waals surface area contributed by atoms with Crippen LogP contribution in [0.1, 0.15) is 68.2 Å². The minimum absolute atomic E-state index is 0.0211. The van der Waals surface area contributed by atoms with Gasteiger partial charge in [0.15, 0.2) is 5.82 Å². The lowest BCUT2D eigenvalue weighted by Crippen LogP contribution is -2.37. The van der Waals surface area contributed by atoms with Crippen molar-refractivity contribution < 1.29 is 18.4 Å². The molecule has 1 amide bonds. The zero-order chi connectivity index (χ0) is 26.9. The Morgan fingerprint density at radius 1 is 1.21 bits per heavy atom. The number of nitrogens with zero attached hydrogens (tertiary/aromatic N) is 6. The summed E-state index contributed by atoms with van der Waals surface area (Å²) in [5, 5.41) is 14.9. The number of aromatic nitrogens is 5. The summed E-state index contributed by atoms with van der Waals surface area (Å²) < 4.78 is 26.1. The van der Waals surface area contributed by atoms with E-state index in [1.807, 2.05) is 0 Å². The van der Waals surface area contributed by atoms with Gasteiger partial charge in [-0.3, -0.25) is 4.79 Å². The molecule has 4 heterocycles. The first-order valence-electron chi connectivity index (χ1n) is 14.1. The van der Waals surface area contributed by atoms with Crippen molar-refractivity contribution in [3.05, 3.63) is 46.8 Å². The summed E-state index contributed by atoms with van der Waals surface area (Å²) in [5.41, 5.74) is 2.06. The summed E-state index contributed by atoms with van der Waals surface area (Å²) in [7, 11) is 0. The van der Waals surface area contributed by atoms with Crippen molar-refractivity contribution >= 4 is 11.9 Å². The normalized spacial score (nSPS) is 21.3. The fraction of sp³-hybridized carbons (Fsp3) is 0.607. The highest BCUT2D eigenvalue weighted by Gasteiger charge is 2.43. The molecule has 2 atom stereocenters. The highest BCUT2D eigenvalue weighted by atomic mass is 19.1. The van der Waals surface area contributed by atoms with Crippen LogP contribution in [0, 0.1) is 23.6 Å². The van der Waals surface area contributed by atoms with Crippen LogP contribution in [0.3, 0.4) is 0 Å². The average Bonchev–Trinajstić information content (AvgIpc) is 3.31. The Morgan fingerprint density at radius 2 is 2.03 bits per heavy atom. The molecule has 11 heteroatoms. The summed E-state index contributed by atoms with van der Waals surface area (Å²) in [6.07, 6.45) is 5.19. The molecule has 0 bridgehead atoms. The van der Waals surface area contributed by atoms with Crippen molar-refractivity contribution in [2.24, 2.45) is 17.8 Å². The number of aromatic amines is 1. The molecule has 0 spiro atoms. The van der Waals surface area contributed by atoms with Gasteiger partial charge in [-0.25, -0.2) is 4.39 Å². The average molecular weight is 538 g/mol. The quantitative estimate of drug-likeness (QED) is 0.437. The van der Waals surface area contributed by atoms with Crippen molar-refractivity contribution in [1.29, 1.82) is 0 Å². The standard InChI is InChI=1S/C28H36FN7O3/c1-17(2)27-30-28(39-33-27)35-9-5-18(6-10-35)22-13-19(22)8-12-38-21-4-3-20(23(29)15-21)14-26(37)36-11-7-24-25(16-36)32-34-31-24/h3-4,15,17-19,22H,5-14,16H2,1-2H3,(H,31,32,34)/t19-,22-/m1/s1. The molecule has 1 aromatic carbocycles. The van der Waals surface area contributed by atoms with Gasteiger partial charge in [0.25, 0.3) is 0 Å². The van der Waals surface area contributed by atoms with Crippen LogP contribution in [0.4, 0.5) is 10.4 Å². The highest BCUT2D eigenvalue weighted by Crippen LogP contribution is 2.50. The molecule has 1 aliphatic carbocycles. The van der Waals surface area contributed by atoms with Gasteiger partial charge in [0.05, 0.1) is 25.3 Å². The summed E-state index contributed by atoms with van der Waals surface area (Å²) in [4.78, 5) is 21.2. The van der Waals surface area contributed by atoms with Crippen LogP contribution >= 0.6 is 0 Å². The largest absolute Gasteiger partial charge is 0.493 e. The van der Waals surface area contributed by atoms with E-state index in [0.717, 1.165) is 61.4 Å². The number of amides is 1. The van der Waals surface area contributed by atoms with Gasteiger partial charge < -0.3 is 19.1 Å². The predicted octanol–water partition coefficient (Wildman–Crippen LogP) is 3.90. The molecule has 1 N–H and O–H groups in total. The Bertz CT molecular complexity index is 1300. The first kappa shape index (κ1) is 25.8. The summed E-state index contributed by atoms with van der Waals surface area (Å²) in [6, 6.07) is 5.48. The number of anilines is 1. The summed E-state index contributed by atoms with van der Waals surface area (Å²) in [5.74, 6) is 3.18. The molecule has 1 saturated heterocycles. The maximum atomic E-state index is 14.8. The number of nitrogens with one attached hydrogen (secondary N) is 1. The smallest absolute Gasteiger partial charge is 0.324 e. The molecule has 0 radical (unpaired) electrons. The number of fused-ring (bicyclic) bond motifs is 1. The number of carbonyl (C=O) groups excluding carboxylic acids is 1. The van der Waals surface area contributed by atoms with Crippen molar-refractivity contribution in [2.45, 2.75) is 64.8 Å². The first-order chi connectivity index (χ1) is 18.9. The van der Waals surface area contributed by atoms with Crippen molar-refractivity contribution in [3.63, 3.8) is 0 Å². The maximum absolute atomic E-state index is 14.8. The van der Waals surface area contributed by atoms with Crippen molar-refractivity contribution in [2.75, 3.05) is 31.1 Å². The molecule has 208 valence electrons. The number of H-pyrrole nitrogens is 1. The topological polar surface area (TPSA) is 113 Å². The SMILES string of the molecule is CC(C)c1noc(N2CCC([C@H]3C[C@H]3CCOc3ccc(CC(=O)N4CCc5n[nH]nc5C4)c(F)c3)CC2)n1. The van der Waals surface area contributed by atoms with Crippen LogP contribution in [-0.4, -0.2) is 62.6 Å². The van der Waals surface area contributed by atoms with Gasteiger partial charge in [-0.15, -0.1) is 0 Å². The minimum atomic E-state index is -0.405. The number of hydrogen-bond donors (Lipinski definition) is 1. The van der Waals surface area contributed by atoms with Crippen molar-refractivity contribution in [3.8, 4) is 5.75 Å². The zero-order valence-electron chi connectivity index (χ0n) is 22.6. The van der Waals surface area contributed by atoms with Crippen LogP contribution in [-0.2, 0) is 24.2 Å². The Hall–Kier alpha value is -3.50. The summed E-state index contributed by atoms with van der Waals surface area (Å²) in [6.45, 7) is 7.60. The molecule has 2 aliphatic heterocycles. The molecule has 3 aliphatic rings. The Kier molecular flexibility index (Phi) is 7.22. The maximum Gasteiger partial charge on any atom is 0.324 e. The second-order valence-corrected chi connectivity index (χ2v) is 11.4. The fourth-order valence-electron chi connectivity index (χ4n) is 5.97. The molecule has 2 aromatic heterocycles. The van der Waals surface area contributed by atoms with E-state index in [-0.39, 0.29) is 18.2 Å². The number of rotatable bonds is 9. The van der Waals surface area contributed by atoms with Gasteiger partial charge in [-0.2, -0.15) is 20.4 Å². The van der Waals surface area contributed by atoms with Gasteiger partial charge in [0, 0.05) is 38.0 Å². The fourth-order valence-corrected chi connectivity index (χ4v) is 5.97. The third-order valence-electron chi connectivity index (χ3n) is 8.48. The van der Waals surface area contributed by atoms with Crippen molar-refractivity contribution in [1.82, 2.24) is 30.5 Å². The van der Waals surface area contributed by atoms with E-state index in [4.69, 9.17) is 9.26 Å². The minimum Gasteiger partial charge on any atom is -0.493 e. The van der Waals surface area contributed by atoms with Gasteiger partial charge in [0.2, 0.25) is 5.91 Å². The van der Waals surface area contributed by atoms with Crippen LogP contribution in [0.5, 0.6) is 5.75 Å². The predicted molar refractivity (Wildman–Crippen MR) is 141 cm³/mol. The Morgan fingerprint density at radius 3 is 2.79 bits per heavy atom. The lowest BCUT2D eigenvalue weighted by molar-refractivity contribution is -0.131. The molecule has 39 heavy (non-hydrogen) atoms. The monoisotopic (exact) mass is 537 g/mol. The first-order valence-corrected chi connectivity index (χ1v) is 14.1. The zero-order valence-corrected chi connectivity index (χ0v) is 22.6. The number of carbonyl (C=O) groups is 1. The number of ether oxygens (including phenoxy) is 1. The van der Waals surface area contributed by atoms with Gasteiger partial charge in [0.1, 0.15) is 17.3 Å². The molecule has 1 saturated carbocycles. The second-order valence-electron chi connectivity index (χ2n) is 11.4. The number of piperidine rings is 1. The Balaban J connectivity index is 0.916.